The molecule has 120 valence electrons. The number of nitrogens with zero attached hydrogens (tertiary/aromatic N) is 2. The molecule has 0 aromatic heterocycles. The second-order valence-corrected chi connectivity index (χ2v) is 6.75. The van der Waals surface area contributed by atoms with E-state index in [2.05, 4.69) is 0 Å². The van der Waals surface area contributed by atoms with Gasteiger partial charge in [-0.25, -0.2) is 4.79 Å². The van der Waals surface area contributed by atoms with Gasteiger partial charge in [0.2, 0.25) is 0 Å². The van der Waals surface area contributed by atoms with Crippen LogP contribution in [0, 0.1) is 5.41 Å². The van der Waals surface area contributed by atoms with E-state index < -0.39 is 11.4 Å². The van der Waals surface area contributed by atoms with Gasteiger partial charge < -0.3 is 14.9 Å². The van der Waals surface area contributed by atoms with E-state index in [-0.39, 0.29) is 6.03 Å². The molecule has 1 saturated heterocycles. The number of hydrogen-bond acceptors (Lipinski definition) is 2. The zero-order chi connectivity index (χ0) is 15.5. The lowest BCUT2D eigenvalue weighted by Crippen LogP contribution is -2.54. The van der Waals surface area contributed by atoms with E-state index in [0.29, 0.717) is 32.1 Å². The minimum atomic E-state index is -0.792. The molecule has 1 aliphatic carbocycles. The third kappa shape index (κ3) is 3.50. The molecular weight excluding hydrogens is 268 g/mol. The molecule has 1 saturated carbocycles. The molecule has 0 aromatic rings. The fourth-order valence-corrected chi connectivity index (χ4v) is 3.70. The smallest absolute Gasteiger partial charge is 0.320 e. The Balaban J connectivity index is 2.04. The number of urea groups is 1. The number of aliphatic carboxylic acids is 1. The van der Waals surface area contributed by atoms with Crippen LogP contribution < -0.4 is 0 Å². The minimum Gasteiger partial charge on any atom is -0.481 e. The number of amides is 2. The van der Waals surface area contributed by atoms with Gasteiger partial charge in [0.25, 0.3) is 0 Å². The second-order valence-electron chi connectivity index (χ2n) is 6.75. The summed E-state index contributed by atoms with van der Waals surface area (Å²) in [6.07, 6.45) is 7.26. The number of carbonyl (C=O) groups excluding carboxylic acids is 1. The van der Waals surface area contributed by atoms with E-state index in [4.69, 9.17) is 0 Å². The molecule has 0 aromatic carbocycles. The number of rotatable bonds is 3. The predicted octanol–water partition coefficient (Wildman–Crippen LogP) is 2.95. The fourth-order valence-electron chi connectivity index (χ4n) is 3.70. The van der Waals surface area contributed by atoms with Gasteiger partial charge in [-0.3, -0.25) is 4.79 Å². The Morgan fingerprint density at radius 3 is 2.48 bits per heavy atom. The van der Waals surface area contributed by atoms with Crippen molar-refractivity contribution in [3.8, 4) is 0 Å². The molecule has 2 fully saturated rings. The quantitative estimate of drug-likeness (QED) is 0.871. The minimum absolute atomic E-state index is 0.0385. The van der Waals surface area contributed by atoms with Crippen molar-refractivity contribution in [3.05, 3.63) is 0 Å². The van der Waals surface area contributed by atoms with Crippen molar-refractivity contribution < 1.29 is 14.7 Å². The highest BCUT2D eigenvalue weighted by Crippen LogP contribution is 2.31. The molecule has 0 spiro atoms. The topological polar surface area (TPSA) is 60.9 Å². The lowest BCUT2D eigenvalue weighted by molar-refractivity contribution is -0.150. The van der Waals surface area contributed by atoms with Crippen LogP contribution in [0.1, 0.15) is 58.8 Å². The van der Waals surface area contributed by atoms with Crippen molar-refractivity contribution in [1.82, 2.24) is 9.80 Å². The van der Waals surface area contributed by atoms with Crippen LogP contribution in [-0.4, -0.2) is 52.6 Å². The monoisotopic (exact) mass is 296 g/mol. The number of carboxylic acid groups (broad SMARTS) is 1. The van der Waals surface area contributed by atoms with Crippen LogP contribution in [0.4, 0.5) is 4.79 Å². The van der Waals surface area contributed by atoms with Crippen LogP contribution in [0.15, 0.2) is 0 Å². The first-order valence-electron chi connectivity index (χ1n) is 8.27. The maximum Gasteiger partial charge on any atom is 0.320 e. The van der Waals surface area contributed by atoms with Crippen LogP contribution in [-0.2, 0) is 4.79 Å². The Bertz CT molecular complexity index is 393. The average Bonchev–Trinajstić information content (AvgIpc) is 2.49. The Morgan fingerprint density at radius 2 is 1.90 bits per heavy atom. The van der Waals surface area contributed by atoms with Crippen LogP contribution in [0.3, 0.4) is 0 Å². The van der Waals surface area contributed by atoms with Crippen molar-refractivity contribution in [2.75, 3.05) is 19.6 Å². The first kappa shape index (κ1) is 16.1. The highest BCUT2D eigenvalue weighted by Gasteiger charge is 2.40. The summed E-state index contributed by atoms with van der Waals surface area (Å²) in [5, 5.41) is 9.39. The lowest BCUT2D eigenvalue weighted by atomic mass is 9.82. The van der Waals surface area contributed by atoms with Gasteiger partial charge in [-0.05, 0) is 39.5 Å². The number of piperidine rings is 1. The maximum absolute atomic E-state index is 12.8. The Hall–Kier alpha value is -1.26. The molecule has 1 unspecified atom stereocenters. The summed E-state index contributed by atoms with van der Waals surface area (Å²) in [5.41, 5.74) is -0.792. The molecule has 2 amide bonds. The molecule has 1 atom stereocenters. The molecule has 5 nitrogen and oxygen atoms in total. The molecular formula is C16H28N2O3. The highest BCUT2D eigenvalue weighted by atomic mass is 16.4. The number of carbonyl (C=O) groups is 2. The van der Waals surface area contributed by atoms with Gasteiger partial charge in [-0.15, -0.1) is 0 Å². The summed E-state index contributed by atoms with van der Waals surface area (Å²) in [4.78, 5) is 28.0. The van der Waals surface area contributed by atoms with E-state index in [1.165, 1.54) is 19.3 Å². The summed E-state index contributed by atoms with van der Waals surface area (Å²) >= 11 is 0. The largest absolute Gasteiger partial charge is 0.481 e. The number of likely N-dealkylation sites (tertiary alicyclic amines) is 1. The lowest BCUT2D eigenvalue weighted by Gasteiger charge is -2.42. The van der Waals surface area contributed by atoms with Gasteiger partial charge in [0, 0.05) is 25.7 Å². The van der Waals surface area contributed by atoms with Crippen molar-refractivity contribution in [3.63, 3.8) is 0 Å². The van der Waals surface area contributed by atoms with E-state index in [0.717, 1.165) is 19.3 Å². The van der Waals surface area contributed by atoms with Gasteiger partial charge in [-0.2, -0.15) is 0 Å². The zero-order valence-corrected chi connectivity index (χ0v) is 13.3. The Labute approximate surface area is 127 Å². The van der Waals surface area contributed by atoms with Gasteiger partial charge in [-0.1, -0.05) is 19.3 Å². The van der Waals surface area contributed by atoms with Crippen molar-refractivity contribution in [2.24, 2.45) is 5.41 Å². The standard InChI is InChI=1S/C16H28N2O3/c1-3-18(13-8-5-4-6-9-13)15(21)17-11-7-10-16(2,12-17)14(19)20/h13H,3-12H2,1-2H3,(H,19,20). The molecule has 0 bridgehead atoms. The molecule has 21 heavy (non-hydrogen) atoms. The third-order valence-electron chi connectivity index (χ3n) is 5.09. The molecule has 5 heteroatoms. The first-order valence-corrected chi connectivity index (χ1v) is 8.27. The zero-order valence-electron chi connectivity index (χ0n) is 13.3. The maximum atomic E-state index is 12.8. The van der Waals surface area contributed by atoms with Crippen molar-refractivity contribution in [1.29, 1.82) is 0 Å². The SMILES string of the molecule is CCN(C(=O)N1CCCC(C)(C(=O)O)C1)C1CCCCC1. The van der Waals surface area contributed by atoms with Gasteiger partial charge in [0.15, 0.2) is 0 Å². The van der Waals surface area contributed by atoms with Gasteiger partial charge in [0.1, 0.15) is 0 Å². The van der Waals surface area contributed by atoms with E-state index in [1.807, 2.05) is 11.8 Å². The Morgan fingerprint density at radius 1 is 1.24 bits per heavy atom. The van der Waals surface area contributed by atoms with Crippen molar-refractivity contribution >= 4 is 12.0 Å². The van der Waals surface area contributed by atoms with E-state index >= 15 is 0 Å². The number of hydrogen-bond donors (Lipinski definition) is 1. The molecule has 2 rings (SSSR count). The normalized spacial score (nSPS) is 27.4. The number of carboxylic acids is 1. The Kier molecular flexibility index (Phi) is 5.12. The van der Waals surface area contributed by atoms with Gasteiger partial charge in [0.05, 0.1) is 5.41 Å². The molecule has 0 radical (unpaired) electrons. The summed E-state index contributed by atoms with van der Waals surface area (Å²) in [7, 11) is 0. The molecule has 1 aliphatic heterocycles. The van der Waals surface area contributed by atoms with Gasteiger partial charge >= 0.3 is 12.0 Å². The average molecular weight is 296 g/mol. The second kappa shape index (κ2) is 6.67. The first-order chi connectivity index (χ1) is 9.98. The molecule has 1 heterocycles. The molecule has 1 N–H and O–H groups in total. The van der Waals surface area contributed by atoms with E-state index in [1.54, 1.807) is 11.8 Å². The van der Waals surface area contributed by atoms with E-state index in [9.17, 15) is 14.7 Å². The van der Waals surface area contributed by atoms with Crippen LogP contribution in [0.5, 0.6) is 0 Å². The van der Waals surface area contributed by atoms with Crippen molar-refractivity contribution in [2.45, 2.75) is 64.8 Å². The summed E-state index contributed by atoms with van der Waals surface area (Å²) in [6.45, 7) is 5.51. The third-order valence-corrected chi connectivity index (χ3v) is 5.09. The summed E-state index contributed by atoms with van der Waals surface area (Å²) in [5.74, 6) is -0.791. The summed E-state index contributed by atoms with van der Waals surface area (Å²) in [6, 6.07) is 0.380. The van der Waals surface area contributed by atoms with Crippen LogP contribution >= 0.6 is 0 Å². The van der Waals surface area contributed by atoms with Crippen LogP contribution in [0.25, 0.3) is 0 Å². The predicted molar refractivity (Wildman–Crippen MR) is 81.2 cm³/mol. The highest BCUT2D eigenvalue weighted by molar-refractivity contribution is 5.78. The van der Waals surface area contributed by atoms with Crippen LogP contribution in [0.2, 0.25) is 0 Å². The molecule has 2 aliphatic rings. The fraction of sp³-hybridized carbons (Fsp3) is 0.875. The summed E-state index contributed by atoms with van der Waals surface area (Å²) < 4.78 is 0.